The molecule has 2 aromatic rings. The summed E-state index contributed by atoms with van der Waals surface area (Å²) < 4.78 is 1.86. The number of aliphatic hydroxyl groups excluding tert-OH is 1. The number of nitrogens with zero attached hydrogens (tertiary/aromatic N) is 3. The molecule has 0 amide bonds. The van der Waals surface area contributed by atoms with Gasteiger partial charge in [0.2, 0.25) is 0 Å². The second-order valence-corrected chi connectivity index (χ2v) is 4.55. The summed E-state index contributed by atoms with van der Waals surface area (Å²) in [6, 6.07) is 8.14. The SMILES string of the molecule is Cc1ccc(-c2nnc3n2C(O)CCC3)cc1. The Labute approximate surface area is 99.9 Å². The van der Waals surface area contributed by atoms with Crippen molar-refractivity contribution in [2.24, 2.45) is 0 Å². The molecule has 0 spiro atoms. The predicted molar refractivity (Wildman–Crippen MR) is 64.4 cm³/mol. The molecule has 3 rings (SSSR count). The summed E-state index contributed by atoms with van der Waals surface area (Å²) in [5.41, 5.74) is 2.22. The van der Waals surface area contributed by atoms with Crippen molar-refractivity contribution >= 4 is 0 Å². The molecule has 0 aliphatic carbocycles. The Hall–Kier alpha value is -1.68. The van der Waals surface area contributed by atoms with E-state index in [9.17, 15) is 5.11 Å². The van der Waals surface area contributed by atoms with Crippen LogP contribution in [0.1, 0.15) is 30.5 Å². The van der Waals surface area contributed by atoms with Crippen molar-refractivity contribution in [1.29, 1.82) is 0 Å². The minimum atomic E-state index is -0.481. The number of aryl methyl sites for hydroxylation is 2. The molecule has 1 aliphatic heterocycles. The third kappa shape index (κ3) is 1.74. The van der Waals surface area contributed by atoms with E-state index < -0.39 is 6.23 Å². The molecular weight excluding hydrogens is 214 g/mol. The van der Waals surface area contributed by atoms with Crippen LogP contribution in [0.5, 0.6) is 0 Å². The van der Waals surface area contributed by atoms with Gasteiger partial charge in [-0.25, -0.2) is 0 Å². The summed E-state index contributed by atoms with van der Waals surface area (Å²) in [4.78, 5) is 0. The van der Waals surface area contributed by atoms with Crippen molar-refractivity contribution in [2.45, 2.75) is 32.4 Å². The highest BCUT2D eigenvalue weighted by molar-refractivity contribution is 5.56. The maximum absolute atomic E-state index is 10.0. The van der Waals surface area contributed by atoms with E-state index >= 15 is 0 Å². The fraction of sp³-hybridized carbons (Fsp3) is 0.385. The lowest BCUT2D eigenvalue weighted by molar-refractivity contribution is 0.0796. The van der Waals surface area contributed by atoms with E-state index in [-0.39, 0.29) is 0 Å². The van der Waals surface area contributed by atoms with Crippen LogP contribution < -0.4 is 0 Å². The van der Waals surface area contributed by atoms with Gasteiger partial charge in [-0.05, 0) is 19.8 Å². The van der Waals surface area contributed by atoms with Crippen LogP contribution in [0.3, 0.4) is 0 Å². The Kier molecular flexibility index (Phi) is 2.44. The second kappa shape index (κ2) is 3.96. The molecule has 1 aromatic heterocycles. The number of aromatic nitrogens is 3. The van der Waals surface area contributed by atoms with Crippen molar-refractivity contribution in [3.63, 3.8) is 0 Å². The number of hydrogen-bond acceptors (Lipinski definition) is 3. The number of benzene rings is 1. The molecule has 88 valence electrons. The molecule has 4 nitrogen and oxygen atoms in total. The van der Waals surface area contributed by atoms with Gasteiger partial charge < -0.3 is 5.11 Å². The molecule has 0 bridgehead atoms. The van der Waals surface area contributed by atoms with Crippen LogP contribution in [0.2, 0.25) is 0 Å². The summed E-state index contributed by atoms with van der Waals surface area (Å²) in [5.74, 6) is 1.66. The third-order valence-corrected chi connectivity index (χ3v) is 3.24. The lowest BCUT2D eigenvalue weighted by atomic mass is 10.1. The largest absolute Gasteiger partial charge is 0.373 e. The van der Waals surface area contributed by atoms with Gasteiger partial charge in [0.05, 0.1) is 0 Å². The quantitative estimate of drug-likeness (QED) is 0.814. The van der Waals surface area contributed by atoms with Crippen LogP contribution in [0.15, 0.2) is 24.3 Å². The summed E-state index contributed by atoms with van der Waals surface area (Å²) >= 11 is 0. The minimum absolute atomic E-state index is 0.481. The molecule has 1 aromatic carbocycles. The first-order valence-corrected chi connectivity index (χ1v) is 5.94. The molecule has 1 N–H and O–H groups in total. The highest BCUT2D eigenvalue weighted by atomic mass is 16.3. The zero-order chi connectivity index (χ0) is 11.8. The molecule has 1 aliphatic rings. The van der Waals surface area contributed by atoms with E-state index in [1.54, 1.807) is 0 Å². The maximum Gasteiger partial charge on any atom is 0.166 e. The maximum atomic E-state index is 10.0. The molecule has 0 saturated heterocycles. The second-order valence-electron chi connectivity index (χ2n) is 4.55. The van der Waals surface area contributed by atoms with Crippen LogP contribution in [-0.4, -0.2) is 19.9 Å². The topological polar surface area (TPSA) is 50.9 Å². The van der Waals surface area contributed by atoms with Crippen molar-refractivity contribution in [3.05, 3.63) is 35.7 Å². The van der Waals surface area contributed by atoms with Gasteiger partial charge in [0.1, 0.15) is 12.1 Å². The van der Waals surface area contributed by atoms with Gasteiger partial charge in [0.15, 0.2) is 5.82 Å². The average molecular weight is 229 g/mol. The number of rotatable bonds is 1. The molecule has 4 heteroatoms. The summed E-state index contributed by atoms with van der Waals surface area (Å²) in [6.07, 6.45) is 2.18. The van der Waals surface area contributed by atoms with E-state index in [1.807, 2.05) is 28.8 Å². The number of fused-ring (bicyclic) bond motifs is 1. The molecule has 2 heterocycles. The lowest BCUT2D eigenvalue weighted by Gasteiger charge is -2.21. The van der Waals surface area contributed by atoms with E-state index in [0.717, 1.165) is 36.5 Å². The van der Waals surface area contributed by atoms with Crippen LogP contribution >= 0.6 is 0 Å². The van der Waals surface area contributed by atoms with Crippen LogP contribution in [0.25, 0.3) is 11.4 Å². The molecular formula is C13H15N3O. The monoisotopic (exact) mass is 229 g/mol. The van der Waals surface area contributed by atoms with Gasteiger partial charge in [-0.15, -0.1) is 10.2 Å². The number of aliphatic hydroxyl groups is 1. The number of hydrogen-bond donors (Lipinski definition) is 1. The molecule has 17 heavy (non-hydrogen) atoms. The van der Waals surface area contributed by atoms with Crippen molar-refractivity contribution in [3.8, 4) is 11.4 Å². The molecule has 0 fully saturated rings. The summed E-state index contributed by atoms with van der Waals surface area (Å²) in [6.45, 7) is 2.05. The predicted octanol–water partition coefficient (Wildman–Crippen LogP) is 2.08. The molecule has 0 radical (unpaired) electrons. The highest BCUT2D eigenvalue weighted by Gasteiger charge is 2.23. The normalized spacial score (nSPS) is 19.1. The van der Waals surface area contributed by atoms with E-state index in [4.69, 9.17) is 0 Å². The Morgan fingerprint density at radius 1 is 1.24 bits per heavy atom. The van der Waals surface area contributed by atoms with E-state index in [2.05, 4.69) is 17.1 Å². The zero-order valence-electron chi connectivity index (χ0n) is 9.80. The fourth-order valence-electron chi connectivity index (χ4n) is 2.28. The first-order chi connectivity index (χ1) is 8.25. The van der Waals surface area contributed by atoms with Gasteiger partial charge in [0.25, 0.3) is 0 Å². The van der Waals surface area contributed by atoms with Crippen molar-refractivity contribution in [1.82, 2.24) is 14.8 Å². The van der Waals surface area contributed by atoms with Gasteiger partial charge in [-0.1, -0.05) is 29.8 Å². The molecule has 1 unspecified atom stereocenters. The van der Waals surface area contributed by atoms with Crippen molar-refractivity contribution < 1.29 is 5.11 Å². The first kappa shape index (κ1) is 10.5. The van der Waals surface area contributed by atoms with Gasteiger partial charge in [-0.3, -0.25) is 4.57 Å². The third-order valence-electron chi connectivity index (χ3n) is 3.24. The summed E-state index contributed by atoms with van der Waals surface area (Å²) in [7, 11) is 0. The van der Waals surface area contributed by atoms with Crippen molar-refractivity contribution in [2.75, 3.05) is 0 Å². The van der Waals surface area contributed by atoms with Crippen LogP contribution in [0, 0.1) is 6.92 Å². The zero-order valence-corrected chi connectivity index (χ0v) is 9.80. The first-order valence-electron chi connectivity index (χ1n) is 5.94. The Bertz CT molecular complexity index is 530. The standard InChI is InChI=1S/C13H15N3O/c1-9-5-7-10(8-6-9)13-15-14-11-3-2-4-12(17)16(11)13/h5-8,12,17H,2-4H2,1H3. The van der Waals surface area contributed by atoms with E-state index in [0.29, 0.717) is 0 Å². The van der Waals surface area contributed by atoms with Gasteiger partial charge >= 0.3 is 0 Å². The van der Waals surface area contributed by atoms with Gasteiger partial charge in [0, 0.05) is 12.0 Å². The lowest BCUT2D eigenvalue weighted by Crippen LogP contribution is -2.18. The average Bonchev–Trinajstić information content (AvgIpc) is 2.75. The molecule has 1 atom stereocenters. The summed E-state index contributed by atoms with van der Waals surface area (Å²) in [5, 5.41) is 18.4. The Morgan fingerprint density at radius 2 is 2.00 bits per heavy atom. The van der Waals surface area contributed by atoms with Gasteiger partial charge in [-0.2, -0.15) is 0 Å². The fourth-order valence-corrected chi connectivity index (χ4v) is 2.28. The van der Waals surface area contributed by atoms with Crippen LogP contribution in [-0.2, 0) is 6.42 Å². The Balaban J connectivity index is 2.09. The molecule has 0 saturated carbocycles. The van der Waals surface area contributed by atoms with E-state index in [1.165, 1.54) is 5.56 Å². The highest BCUT2D eigenvalue weighted by Crippen LogP contribution is 2.28. The Morgan fingerprint density at radius 3 is 2.76 bits per heavy atom. The smallest absolute Gasteiger partial charge is 0.166 e. The minimum Gasteiger partial charge on any atom is -0.373 e. The van der Waals surface area contributed by atoms with Crippen LogP contribution in [0.4, 0.5) is 0 Å².